The van der Waals surface area contributed by atoms with E-state index in [4.69, 9.17) is 16.3 Å². The monoisotopic (exact) mass is 400 g/mol. The Bertz CT molecular complexity index is 868. The van der Waals surface area contributed by atoms with E-state index >= 15 is 0 Å². The average molecular weight is 401 g/mol. The molecule has 0 aliphatic carbocycles. The zero-order chi connectivity index (χ0) is 20.3. The Morgan fingerprint density at radius 2 is 1.89 bits per heavy atom. The molecule has 1 heterocycles. The largest absolute Gasteiger partial charge is 0.497 e. The summed E-state index contributed by atoms with van der Waals surface area (Å²) in [6.45, 7) is 4.70. The summed E-state index contributed by atoms with van der Waals surface area (Å²) in [6, 6.07) is 14.6. The van der Waals surface area contributed by atoms with Gasteiger partial charge in [0.05, 0.1) is 13.0 Å². The summed E-state index contributed by atoms with van der Waals surface area (Å²) in [5.41, 5.74) is 1.52. The van der Waals surface area contributed by atoms with Crippen molar-refractivity contribution >= 4 is 23.4 Å². The molecule has 5 nitrogen and oxygen atoms in total. The standard InChI is InChI=1S/C22H25ClN2O3/c1-14(2)24-21(26)20-13-25(22(27)16-7-4-8-17(23)10-16)12-19(20)15-6-5-9-18(11-15)28-3/h4-11,14,19-20H,12-13H2,1-3H3,(H,24,26). The zero-order valence-corrected chi connectivity index (χ0v) is 17.1. The van der Waals surface area contributed by atoms with Crippen molar-refractivity contribution in [1.29, 1.82) is 0 Å². The maximum atomic E-state index is 13.0. The molecule has 0 saturated carbocycles. The Morgan fingerprint density at radius 3 is 2.57 bits per heavy atom. The first kappa shape index (κ1) is 20.2. The van der Waals surface area contributed by atoms with Crippen LogP contribution >= 0.6 is 11.6 Å². The topological polar surface area (TPSA) is 58.6 Å². The number of benzene rings is 2. The quantitative estimate of drug-likeness (QED) is 0.831. The third-order valence-electron chi connectivity index (χ3n) is 4.97. The van der Waals surface area contributed by atoms with Crippen molar-refractivity contribution in [3.8, 4) is 5.75 Å². The number of hydrogen-bond acceptors (Lipinski definition) is 3. The zero-order valence-electron chi connectivity index (χ0n) is 16.3. The smallest absolute Gasteiger partial charge is 0.253 e. The number of nitrogens with one attached hydrogen (secondary N) is 1. The molecule has 1 aliphatic rings. The van der Waals surface area contributed by atoms with Gasteiger partial charge < -0.3 is 15.0 Å². The number of nitrogens with zero attached hydrogens (tertiary/aromatic N) is 1. The highest BCUT2D eigenvalue weighted by molar-refractivity contribution is 6.30. The Hall–Kier alpha value is -2.53. The number of carbonyl (C=O) groups excluding carboxylic acids is 2. The van der Waals surface area contributed by atoms with Gasteiger partial charge in [0.25, 0.3) is 5.91 Å². The molecule has 2 unspecified atom stereocenters. The number of rotatable bonds is 5. The number of methoxy groups -OCH3 is 1. The van der Waals surface area contributed by atoms with Crippen molar-refractivity contribution in [3.05, 3.63) is 64.7 Å². The first-order chi connectivity index (χ1) is 13.4. The van der Waals surface area contributed by atoms with Gasteiger partial charge in [-0.15, -0.1) is 0 Å². The first-order valence-electron chi connectivity index (χ1n) is 9.38. The second-order valence-electron chi connectivity index (χ2n) is 7.37. The third-order valence-corrected chi connectivity index (χ3v) is 5.20. The van der Waals surface area contributed by atoms with Crippen LogP contribution in [0.15, 0.2) is 48.5 Å². The number of hydrogen-bond donors (Lipinski definition) is 1. The van der Waals surface area contributed by atoms with Gasteiger partial charge >= 0.3 is 0 Å². The van der Waals surface area contributed by atoms with Gasteiger partial charge in [-0.25, -0.2) is 0 Å². The Balaban J connectivity index is 1.89. The summed E-state index contributed by atoms with van der Waals surface area (Å²) in [4.78, 5) is 27.6. The summed E-state index contributed by atoms with van der Waals surface area (Å²) < 4.78 is 5.34. The highest BCUT2D eigenvalue weighted by Crippen LogP contribution is 2.35. The van der Waals surface area contributed by atoms with E-state index in [-0.39, 0.29) is 29.7 Å². The number of amides is 2. The molecule has 2 amide bonds. The molecule has 0 bridgehead atoms. The van der Waals surface area contributed by atoms with Crippen LogP contribution in [0.25, 0.3) is 0 Å². The summed E-state index contributed by atoms with van der Waals surface area (Å²) >= 11 is 6.04. The molecule has 2 aromatic rings. The molecule has 2 aromatic carbocycles. The first-order valence-corrected chi connectivity index (χ1v) is 9.76. The maximum absolute atomic E-state index is 13.0. The number of carbonyl (C=O) groups is 2. The van der Waals surface area contributed by atoms with Crippen LogP contribution < -0.4 is 10.1 Å². The van der Waals surface area contributed by atoms with Crippen molar-refractivity contribution in [2.24, 2.45) is 5.92 Å². The van der Waals surface area contributed by atoms with Gasteiger partial charge in [0.15, 0.2) is 0 Å². The third kappa shape index (κ3) is 4.47. The fraction of sp³-hybridized carbons (Fsp3) is 0.364. The van der Waals surface area contributed by atoms with Crippen LogP contribution in [0.1, 0.15) is 35.7 Å². The van der Waals surface area contributed by atoms with Gasteiger partial charge in [0.2, 0.25) is 5.91 Å². The molecule has 6 heteroatoms. The van der Waals surface area contributed by atoms with Crippen LogP contribution in [-0.4, -0.2) is 43.0 Å². The molecule has 28 heavy (non-hydrogen) atoms. The Labute approximate surface area is 170 Å². The SMILES string of the molecule is COc1cccc(C2CN(C(=O)c3cccc(Cl)c3)CC2C(=O)NC(C)C)c1. The minimum Gasteiger partial charge on any atom is -0.497 e. The average Bonchev–Trinajstić information content (AvgIpc) is 3.12. The van der Waals surface area contributed by atoms with Crippen molar-refractivity contribution in [2.75, 3.05) is 20.2 Å². The molecule has 0 spiro atoms. The van der Waals surface area contributed by atoms with Crippen LogP contribution in [0, 0.1) is 5.92 Å². The minimum atomic E-state index is -0.322. The molecule has 3 rings (SSSR count). The molecular formula is C22H25ClN2O3. The van der Waals surface area contributed by atoms with Gasteiger partial charge in [0, 0.05) is 35.6 Å². The van der Waals surface area contributed by atoms with Crippen molar-refractivity contribution in [1.82, 2.24) is 10.2 Å². The maximum Gasteiger partial charge on any atom is 0.253 e. The van der Waals surface area contributed by atoms with E-state index < -0.39 is 0 Å². The molecular weight excluding hydrogens is 376 g/mol. The van der Waals surface area contributed by atoms with Crippen LogP contribution in [0.5, 0.6) is 5.75 Å². The highest BCUT2D eigenvalue weighted by atomic mass is 35.5. The Morgan fingerprint density at radius 1 is 1.14 bits per heavy atom. The lowest BCUT2D eigenvalue weighted by atomic mass is 9.88. The van der Waals surface area contributed by atoms with Crippen molar-refractivity contribution in [2.45, 2.75) is 25.8 Å². The van der Waals surface area contributed by atoms with Crippen LogP contribution in [0.4, 0.5) is 0 Å². The number of halogens is 1. The fourth-order valence-corrected chi connectivity index (χ4v) is 3.83. The predicted molar refractivity (Wildman–Crippen MR) is 110 cm³/mol. The Kier molecular flexibility index (Phi) is 6.25. The van der Waals surface area contributed by atoms with Crippen LogP contribution in [-0.2, 0) is 4.79 Å². The van der Waals surface area contributed by atoms with E-state index in [1.54, 1.807) is 36.3 Å². The van der Waals surface area contributed by atoms with Crippen LogP contribution in [0.2, 0.25) is 5.02 Å². The summed E-state index contributed by atoms with van der Waals surface area (Å²) in [5, 5.41) is 3.51. The second kappa shape index (κ2) is 8.65. The molecule has 1 N–H and O–H groups in total. The summed E-state index contributed by atoms with van der Waals surface area (Å²) in [5.74, 6) is 0.161. The lowest BCUT2D eigenvalue weighted by molar-refractivity contribution is -0.125. The number of likely N-dealkylation sites (tertiary alicyclic amines) is 1. The van der Waals surface area contributed by atoms with Gasteiger partial charge in [0.1, 0.15) is 5.75 Å². The van der Waals surface area contributed by atoms with E-state index in [0.717, 1.165) is 11.3 Å². The summed E-state index contributed by atoms with van der Waals surface area (Å²) in [6.07, 6.45) is 0. The minimum absolute atomic E-state index is 0.0378. The highest BCUT2D eigenvalue weighted by Gasteiger charge is 2.40. The van der Waals surface area contributed by atoms with E-state index in [0.29, 0.717) is 23.7 Å². The normalized spacial score (nSPS) is 19.0. The van der Waals surface area contributed by atoms with Gasteiger partial charge in [-0.2, -0.15) is 0 Å². The molecule has 148 valence electrons. The summed E-state index contributed by atoms with van der Waals surface area (Å²) in [7, 11) is 1.62. The second-order valence-corrected chi connectivity index (χ2v) is 7.81. The van der Waals surface area contributed by atoms with E-state index in [2.05, 4.69) is 5.32 Å². The van der Waals surface area contributed by atoms with Gasteiger partial charge in [-0.1, -0.05) is 29.8 Å². The lowest BCUT2D eigenvalue weighted by Gasteiger charge is -2.20. The van der Waals surface area contributed by atoms with Crippen molar-refractivity contribution < 1.29 is 14.3 Å². The molecule has 1 aliphatic heterocycles. The van der Waals surface area contributed by atoms with Gasteiger partial charge in [-0.05, 0) is 49.7 Å². The molecule has 2 atom stereocenters. The van der Waals surface area contributed by atoms with E-state index in [1.807, 2.05) is 38.1 Å². The van der Waals surface area contributed by atoms with E-state index in [9.17, 15) is 9.59 Å². The lowest BCUT2D eigenvalue weighted by Crippen LogP contribution is -2.39. The number of ether oxygens (including phenoxy) is 1. The molecule has 1 saturated heterocycles. The molecule has 0 aromatic heterocycles. The predicted octanol–water partition coefficient (Wildman–Crippen LogP) is 3.73. The van der Waals surface area contributed by atoms with E-state index in [1.165, 1.54) is 0 Å². The van der Waals surface area contributed by atoms with Gasteiger partial charge in [-0.3, -0.25) is 9.59 Å². The molecule has 0 radical (unpaired) electrons. The fourth-order valence-electron chi connectivity index (χ4n) is 3.64. The van der Waals surface area contributed by atoms with Crippen molar-refractivity contribution in [3.63, 3.8) is 0 Å². The van der Waals surface area contributed by atoms with Crippen LogP contribution in [0.3, 0.4) is 0 Å². The molecule has 1 fully saturated rings.